The van der Waals surface area contributed by atoms with Gasteiger partial charge in [0.1, 0.15) is 0 Å². The Labute approximate surface area is 221 Å². The van der Waals surface area contributed by atoms with E-state index >= 15 is 0 Å². The number of carbonyl (C=O) groups is 3. The lowest BCUT2D eigenvalue weighted by Crippen LogP contribution is -2.53. The van der Waals surface area contributed by atoms with Crippen molar-refractivity contribution in [3.05, 3.63) is 34.9 Å². The normalized spacial score (nSPS) is 23.2. The molecule has 212 valence electrons. The predicted molar refractivity (Wildman–Crippen MR) is 135 cm³/mol. The Hall–Kier alpha value is -2.66. The van der Waals surface area contributed by atoms with Crippen LogP contribution in [-0.2, 0) is 14.3 Å². The molecule has 3 saturated heterocycles. The number of carboxylic acid groups (broad SMARTS) is 1. The van der Waals surface area contributed by atoms with E-state index in [1.165, 1.54) is 5.56 Å². The summed E-state index contributed by atoms with van der Waals surface area (Å²) in [5.74, 6) is -2.30. The zero-order chi connectivity index (χ0) is 28.3. The first-order valence-electron chi connectivity index (χ1n) is 13.0. The van der Waals surface area contributed by atoms with Crippen molar-refractivity contribution in [2.24, 2.45) is 10.8 Å². The predicted octanol–water partition coefficient (Wildman–Crippen LogP) is 3.36. The van der Waals surface area contributed by atoms with Gasteiger partial charge in [0.15, 0.2) is 0 Å². The van der Waals surface area contributed by atoms with E-state index in [1.54, 1.807) is 7.11 Å². The molecule has 0 bridgehead atoms. The SMILES string of the molecule is CCN1CCC2(CN(CCOC)CC23CCN(C(=O)c2ccc(C)c(C)c2)CC3)C1=O.O=C(O)C(F)(F)F. The number of halogens is 3. The standard InChI is InChI=1S/C25H37N3O3.C2HF3O2/c1-5-27-13-10-25(23(27)30)18-26(14-15-31-4)17-24(25)8-11-28(12-9-24)22(29)21-7-6-19(2)20(3)16-21;3-2(4,5)1(6)7/h6-7,16H,5,8-15,17-18H2,1-4H3;(H,6,7). The largest absolute Gasteiger partial charge is 0.490 e. The smallest absolute Gasteiger partial charge is 0.475 e. The number of benzene rings is 1. The zero-order valence-electron chi connectivity index (χ0n) is 22.6. The van der Waals surface area contributed by atoms with E-state index in [0.29, 0.717) is 12.5 Å². The molecule has 0 aromatic heterocycles. The summed E-state index contributed by atoms with van der Waals surface area (Å²) >= 11 is 0. The lowest BCUT2D eigenvalue weighted by atomic mass is 9.60. The molecule has 0 saturated carbocycles. The van der Waals surface area contributed by atoms with Gasteiger partial charge in [-0.25, -0.2) is 4.79 Å². The van der Waals surface area contributed by atoms with Gasteiger partial charge in [0, 0.05) is 63.9 Å². The fourth-order valence-corrected chi connectivity index (χ4v) is 6.17. The van der Waals surface area contributed by atoms with Crippen LogP contribution in [0.3, 0.4) is 0 Å². The maximum Gasteiger partial charge on any atom is 0.490 e. The number of carboxylic acids is 1. The van der Waals surface area contributed by atoms with Crippen LogP contribution in [0, 0.1) is 24.7 Å². The van der Waals surface area contributed by atoms with Gasteiger partial charge in [-0.1, -0.05) is 6.07 Å². The van der Waals surface area contributed by atoms with E-state index in [0.717, 1.165) is 76.2 Å². The number of ether oxygens (including phenoxy) is 1. The van der Waals surface area contributed by atoms with Crippen LogP contribution in [0.2, 0.25) is 0 Å². The number of piperidine rings is 1. The number of aliphatic carboxylic acids is 1. The molecular weight excluding hydrogens is 503 g/mol. The first kappa shape index (κ1) is 29.9. The third-order valence-corrected chi connectivity index (χ3v) is 8.54. The number of hydrogen-bond donors (Lipinski definition) is 1. The molecule has 1 aromatic carbocycles. The Morgan fingerprint density at radius 2 is 1.68 bits per heavy atom. The number of nitrogens with zero attached hydrogens (tertiary/aromatic N) is 3. The van der Waals surface area contributed by atoms with Gasteiger partial charge < -0.3 is 19.6 Å². The van der Waals surface area contributed by atoms with Gasteiger partial charge in [0.2, 0.25) is 5.91 Å². The van der Waals surface area contributed by atoms with Gasteiger partial charge in [-0.05, 0) is 63.3 Å². The van der Waals surface area contributed by atoms with E-state index in [4.69, 9.17) is 14.6 Å². The highest BCUT2D eigenvalue weighted by atomic mass is 19.4. The van der Waals surface area contributed by atoms with Crippen molar-refractivity contribution >= 4 is 17.8 Å². The lowest BCUT2D eigenvalue weighted by Gasteiger charge is -2.47. The molecule has 1 aromatic rings. The van der Waals surface area contributed by atoms with Gasteiger partial charge in [0.05, 0.1) is 12.0 Å². The maximum atomic E-state index is 13.5. The molecule has 1 unspecified atom stereocenters. The van der Waals surface area contributed by atoms with Gasteiger partial charge in [-0.3, -0.25) is 14.5 Å². The molecule has 8 nitrogen and oxygen atoms in total. The Kier molecular flexibility index (Phi) is 9.13. The van der Waals surface area contributed by atoms with E-state index in [1.807, 2.05) is 28.0 Å². The quantitative estimate of drug-likeness (QED) is 0.615. The third-order valence-electron chi connectivity index (χ3n) is 8.54. The van der Waals surface area contributed by atoms with Crippen LogP contribution in [0.5, 0.6) is 0 Å². The number of amides is 2. The van der Waals surface area contributed by atoms with E-state index in [2.05, 4.69) is 25.7 Å². The third kappa shape index (κ3) is 5.83. The maximum absolute atomic E-state index is 13.5. The van der Waals surface area contributed by atoms with Crippen LogP contribution in [0.25, 0.3) is 0 Å². The second kappa shape index (κ2) is 11.6. The summed E-state index contributed by atoms with van der Waals surface area (Å²) in [5, 5.41) is 7.12. The summed E-state index contributed by atoms with van der Waals surface area (Å²) in [6, 6.07) is 5.98. The molecular formula is C27H38F3N3O5. The molecule has 0 radical (unpaired) electrons. The summed E-state index contributed by atoms with van der Waals surface area (Å²) < 4.78 is 37.1. The average molecular weight is 542 g/mol. The second-order valence-corrected chi connectivity index (χ2v) is 10.6. The Morgan fingerprint density at radius 3 is 2.18 bits per heavy atom. The number of hydrogen-bond acceptors (Lipinski definition) is 5. The number of rotatable bonds is 5. The number of aryl methyl sites for hydroxylation is 2. The zero-order valence-corrected chi connectivity index (χ0v) is 22.6. The average Bonchev–Trinajstić information content (AvgIpc) is 3.36. The van der Waals surface area contributed by atoms with Crippen molar-refractivity contribution in [2.45, 2.75) is 46.2 Å². The van der Waals surface area contributed by atoms with Gasteiger partial charge in [-0.2, -0.15) is 13.2 Å². The summed E-state index contributed by atoms with van der Waals surface area (Å²) in [6.45, 7) is 12.6. The molecule has 0 aliphatic carbocycles. The van der Waals surface area contributed by atoms with Crippen molar-refractivity contribution in [1.29, 1.82) is 0 Å². The van der Waals surface area contributed by atoms with Crippen LogP contribution in [-0.4, -0.2) is 103 Å². The van der Waals surface area contributed by atoms with Crippen molar-refractivity contribution in [3.8, 4) is 0 Å². The molecule has 38 heavy (non-hydrogen) atoms. The summed E-state index contributed by atoms with van der Waals surface area (Å²) in [5.41, 5.74) is 2.79. The van der Waals surface area contributed by atoms with Crippen LogP contribution >= 0.6 is 0 Å². The number of methoxy groups -OCH3 is 1. The Bertz CT molecular complexity index is 1040. The minimum Gasteiger partial charge on any atom is -0.475 e. The van der Waals surface area contributed by atoms with Crippen LogP contribution in [0.1, 0.15) is 47.7 Å². The monoisotopic (exact) mass is 541 g/mol. The van der Waals surface area contributed by atoms with Crippen molar-refractivity contribution < 1.29 is 37.4 Å². The fourth-order valence-electron chi connectivity index (χ4n) is 6.17. The number of alkyl halides is 3. The molecule has 3 aliphatic rings. The molecule has 3 heterocycles. The van der Waals surface area contributed by atoms with Gasteiger partial charge in [-0.15, -0.1) is 0 Å². The Balaban J connectivity index is 0.000000505. The number of likely N-dealkylation sites (tertiary alicyclic amines) is 3. The summed E-state index contributed by atoms with van der Waals surface area (Å²) in [7, 11) is 1.73. The van der Waals surface area contributed by atoms with Crippen molar-refractivity contribution in [1.82, 2.24) is 14.7 Å². The molecule has 3 aliphatic heterocycles. The van der Waals surface area contributed by atoms with Crippen molar-refractivity contribution in [2.75, 3.05) is 59.5 Å². The van der Waals surface area contributed by atoms with E-state index in [9.17, 15) is 22.8 Å². The first-order chi connectivity index (χ1) is 17.8. The van der Waals surface area contributed by atoms with E-state index in [-0.39, 0.29) is 16.7 Å². The second-order valence-electron chi connectivity index (χ2n) is 10.6. The summed E-state index contributed by atoms with van der Waals surface area (Å²) in [4.78, 5) is 42.1. The van der Waals surface area contributed by atoms with Crippen LogP contribution in [0.15, 0.2) is 18.2 Å². The topological polar surface area (TPSA) is 90.4 Å². The minimum absolute atomic E-state index is 0.0400. The van der Waals surface area contributed by atoms with Crippen LogP contribution in [0.4, 0.5) is 13.2 Å². The summed E-state index contributed by atoms with van der Waals surface area (Å²) in [6.07, 6.45) is -2.35. The fraction of sp³-hybridized carbons (Fsp3) is 0.667. The molecule has 1 N–H and O–H groups in total. The number of carbonyl (C=O) groups excluding carboxylic acids is 2. The van der Waals surface area contributed by atoms with Crippen molar-refractivity contribution in [3.63, 3.8) is 0 Å². The highest BCUT2D eigenvalue weighted by Crippen LogP contribution is 2.57. The van der Waals surface area contributed by atoms with Gasteiger partial charge >= 0.3 is 12.1 Å². The highest BCUT2D eigenvalue weighted by molar-refractivity contribution is 5.94. The molecule has 2 amide bonds. The minimum atomic E-state index is -5.08. The molecule has 2 spiro atoms. The lowest BCUT2D eigenvalue weighted by molar-refractivity contribution is -0.192. The Morgan fingerprint density at radius 1 is 1.05 bits per heavy atom. The molecule has 4 rings (SSSR count). The van der Waals surface area contributed by atoms with Crippen LogP contribution < -0.4 is 0 Å². The highest BCUT2D eigenvalue weighted by Gasteiger charge is 2.64. The van der Waals surface area contributed by atoms with Gasteiger partial charge in [0.25, 0.3) is 5.91 Å². The van der Waals surface area contributed by atoms with E-state index < -0.39 is 12.1 Å². The molecule has 1 atom stereocenters. The first-order valence-corrected chi connectivity index (χ1v) is 13.0. The number of fused-ring (bicyclic) bond motifs is 1. The molecule has 11 heteroatoms. The molecule has 3 fully saturated rings.